The molecule has 1 aliphatic rings. The lowest BCUT2D eigenvalue weighted by Crippen LogP contribution is -2.46. The largest absolute Gasteiger partial charge is 0.253 e. The van der Waals surface area contributed by atoms with Crippen LogP contribution in [-0.2, 0) is 0 Å². The van der Waals surface area contributed by atoms with E-state index in [2.05, 4.69) is 71.6 Å². The van der Waals surface area contributed by atoms with E-state index in [-0.39, 0.29) is 0 Å². The smallest absolute Gasteiger partial charge is 0.211 e. The number of hydrogen-bond acceptors (Lipinski definition) is 2. The van der Waals surface area contributed by atoms with Crippen molar-refractivity contribution in [1.29, 1.82) is 0 Å². The van der Waals surface area contributed by atoms with Crippen LogP contribution in [0.15, 0.2) is 0 Å². The van der Waals surface area contributed by atoms with Crippen molar-refractivity contribution in [1.82, 2.24) is 9.80 Å². The lowest BCUT2D eigenvalue weighted by atomic mass is 10.2. The molecule has 0 aromatic heterocycles. The van der Waals surface area contributed by atoms with Crippen molar-refractivity contribution in [2.24, 2.45) is 0 Å². The molecule has 0 bridgehead atoms. The summed E-state index contributed by atoms with van der Waals surface area (Å²) in [5.41, 5.74) is 0. The Hall–Kier alpha value is -0.210. The molecule has 0 amide bonds. The second-order valence-corrected chi connectivity index (χ2v) is 6.44. The fourth-order valence-electron chi connectivity index (χ4n) is 3.26. The Morgan fingerprint density at radius 1 is 0.588 bits per heavy atom. The maximum Gasteiger partial charge on any atom is 0.211 e. The first-order valence-electron chi connectivity index (χ1n) is 7.17. The highest BCUT2D eigenvalue weighted by Gasteiger charge is 2.60. The number of rotatable bonds is 6. The summed E-state index contributed by atoms with van der Waals surface area (Å²) in [5, 5.41) is 0. The van der Waals surface area contributed by atoms with E-state index in [0.717, 1.165) is 0 Å². The van der Waals surface area contributed by atoms with Crippen molar-refractivity contribution < 1.29 is 0 Å². The van der Waals surface area contributed by atoms with Gasteiger partial charge in [-0.1, -0.05) is 0 Å². The second kappa shape index (κ2) is 5.62. The van der Waals surface area contributed by atoms with E-state index < -0.39 is 0 Å². The Morgan fingerprint density at radius 3 is 1.00 bits per heavy atom. The van der Waals surface area contributed by atoms with Gasteiger partial charge >= 0.3 is 0 Å². The van der Waals surface area contributed by atoms with Gasteiger partial charge in [0.1, 0.15) is 6.42 Å². The first-order valence-corrected chi connectivity index (χ1v) is 7.17. The summed E-state index contributed by atoms with van der Waals surface area (Å²) < 4.78 is 0. The summed E-state index contributed by atoms with van der Waals surface area (Å²) in [5.74, 6) is 0. The summed E-state index contributed by atoms with van der Waals surface area (Å²) in [4.78, 5) is 5.25. The molecule has 0 N–H and O–H groups in total. The first-order chi connectivity index (χ1) is 7.77. The molecule has 0 aromatic carbocycles. The lowest BCUT2D eigenvalue weighted by Gasteiger charge is -2.31. The van der Waals surface area contributed by atoms with E-state index in [0.29, 0.717) is 36.3 Å². The molecule has 0 radical (unpaired) electrons. The van der Waals surface area contributed by atoms with Crippen molar-refractivity contribution in [3.05, 3.63) is 6.42 Å². The molecular weight excluding hydrogens is 208 g/mol. The van der Waals surface area contributed by atoms with Crippen molar-refractivity contribution >= 4 is 0 Å². The molecule has 1 rings (SSSR count). The Kier molecular flexibility index (Phi) is 4.91. The summed E-state index contributed by atoms with van der Waals surface area (Å²) in [7, 11) is 0. The summed E-state index contributed by atoms with van der Waals surface area (Å²) in [6.07, 6.45) is 2.50. The van der Waals surface area contributed by atoms with Gasteiger partial charge in [0, 0.05) is 24.2 Å². The molecule has 2 unspecified atom stereocenters. The molecule has 17 heavy (non-hydrogen) atoms. The van der Waals surface area contributed by atoms with Crippen LogP contribution >= 0.6 is 0 Å². The number of nitrogens with zero attached hydrogens (tertiary/aromatic N) is 2. The van der Waals surface area contributed by atoms with E-state index in [1.807, 2.05) is 0 Å². The molecule has 0 spiro atoms. The normalized spacial score (nSPS) is 24.6. The average molecular weight is 239 g/mol. The minimum Gasteiger partial charge on any atom is -0.253 e. The Balaban J connectivity index is 2.67. The van der Waals surface area contributed by atoms with Gasteiger partial charge < -0.3 is 0 Å². The van der Waals surface area contributed by atoms with Crippen LogP contribution in [-0.4, -0.2) is 46.1 Å². The molecule has 1 saturated carbocycles. The van der Waals surface area contributed by atoms with Crippen LogP contribution in [0.2, 0.25) is 0 Å². The van der Waals surface area contributed by atoms with E-state index in [9.17, 15) is 0 Å². The second-order valence-electron chi connectivity index (χ2n) is 6.44. The molecule has 0 heterocycles. The first kappa shape index (κ1) is 14.8. The van der Waals surface area contributed by atoms with Crippen LogP contribution < -0.4 is 0 Å². The van der Waals surface area contributed by atoms with Crippen molar-refractivity contribution in [3.63, 3.8) is 0 Å². The zero-order chi connectivity index (χ0) is 13.3. The third kappa shape index (κ3) is 3.38. The highest BCUT2D eigenvalue weighted by molar-refractivity contribution is 5.21. The van der Waals surface area contributed by atoms with E-state index in [4.69, 9.17) is 0 Å². The maximum absolute atomic E-state index is 2.63. The molecule has 2 heteroatoms. The number of hydrogen-bond donors (Lipinski definition) is 0. The molecule has 1 fully saturated rings. The van der Waals surface area contributed by atoms with Gasteiger partial charge in [-0.25, -0.2) is 0 Å². The summed E-state index contributed by atoms with van der Waals surface area (Å²) in [6.45, 7) is 18.4. The lowest BCUT2D eigenvalue weighted by molar-refractivity contribution is 0.108. The quantitative estimate of drug-likeness (QED) is 0.657. The highest BCUT2D eigenvalue weighted by Crippen LogP contribution is 2.36. The van der Waals surface area contributed by atoms with Gasteiger partial charge in [0.05, 0.1) is 0 Å². The Morgan fingerprint density at radius 2 is 0.824 bits per heavy atom. The third-order valence-corrected chi connectivity index (χ3v) is 3.68. The third-order valence-electron chi connectivity index (χ3n) is 3.68. The molecule has 0 saturated heterocycles. The van der Waals surface area contributed by atoms with Gasteiger partial charge in [-0.05, 0) is 55.4 Å². The van der Waals surface area contributed by atoms with Gasteiger partial charge in [-0.15, -0.1) is 0 Å². The fraction of sp³-hybridized carbons (Fsp3) is 0.933. The fourth-order valence-corrected chi connectivity index (χ4v) is 3.26. The van der Waals surface area contributed by atoms with E-state index in [1.54, 1.807) is 0 Å². The molecule has 0 aliphatic heterocycles. The van der Waals surface area contributed by atoms with Gasteiger partial charge in [0.25, 0.3) is 0 Å². The zero-order valence-electron chi connectivity index (χ0n) is 12.9. The van der Waals surface area contributed by atoms with Crippen LogP contribution in [0.25, 0.3) is 0 Å². The average Bonchev–Trinajstić information content (AvgIpc) is 2.81. The predicted octanol–water partition coefficient (Wildman–Crippen LogP) is 3.18. The van der Waals surface area contributed by atoms with Crippen LogP contribution in [0.4, 0.5) is 0 Å². The van der Waals surface area contributed by atoms with E-state index in [1.165, 1.54) is 0 Å². The van der Waals surface area contributed by atoms with Crippen LogP contribution in [0.5, 0.6) is 0 Å². The Bertz CT molecular complexity index is 193. The predicted molar refractivity (Wildman–Crippen MR) is 76.1 cm³/mol. The SMILES string of the molecule is CC(C)N(C(C)C)C1[CH+]C1N(C(C)C)C(C)C. The van der Waals surface area contributed by atoms with E-state index >= 15 is 0 Å². The minimum absolute atomic E-state index is 0.627. The molecule has 0 aromatic rings. The minimum atomic E-state index is 0.627. The van der Waals surface area contributed by atoms with Crippen LogP contribution in [0, 0.1) is 6.42 Å². The van der Waals surface area contributed by atoms with Gasteiger partial charge in [0.15, 0.2) is 0 Å². The standard InChI is InChI=1S/C15H31N2/c1-10(2)16(11(3)4)14-9-15(14)17(12(5)6)13(7)8/h9-15H,1-8H3/q+1. The van der Waals surface area contributed by atoms with Gasteiger partial charge in [0.2, 0.25) is 12.1 Å². The molecular formula is C15H31N2+. The van der Waals surface area contributed by atoms with Crippen molar-refractivity contribution in [3.8, 4) is 0 Å². The summed E-state index contributed by atoms with van der Waals surface area (Å²) in [6, 6.07) is 3.81. The van der Waals surface area contributed by atoms with Crippen LogP contribution in [0.1, 0.15) is 55.4 Å². The molecule has 2 nitrogen and oxygen atoms in total. The van der Waals surface area contributed by atoms with Gasteiger partial charge in [-0.2, -0.15) is 0 Å². The molecule has 100 valence electrons. The summed E-state index contributed by atoms with van der Waals surface area (Å²) >= 11 is 0. The monoisotopic (exact) mass is 239 g/mol. The van der Waals surface area contributed by atoms with Crippen LogP contribution in [0.3, 0.4) is 0 Å². The zero-order valence-corrected chi connectivity index (χ0v) is 12.9. The van der Waals surface area contributed by atoms with Crippen molar-refractivity contribution in [2.45, 2.75) is 91.6 Å². The molecule has 2 atom stereocenters. The maximum atomic E-state index is 2.63. The highest BCUT2D eigenvalue weighted by atomic mass is 15.3. The van der Waals surface area contributed by atoms with Crippen molar-refractivity contribution in [2.75, 3.05) is 0 Å². The topological polar surface area (TPSA) is 6.48 Å². The Labute approximate surface area is 108 Å². The molecule has 1 aliphatic carbocycles. The van der Waals surface area contributed by atoms with Gasteiger partial charge in [-0.3, -0.25) is 9.80 Å².